The van der Waals surface area contributed by atoms with Gasteiger partial charge in [0.1, 0.15) is 13.2 Å². The van der Waals surface area contributed by atoms with Crippen LogP contribution in [0.15, 0.2) is 47.4 Å². The maximum Gasteiger partial charge on any atom is 0.240 e. The highest BCUT2D eigenvalue weighted by Gasteiger charge is 2.19. The summed E-state index contributed by atoms with van der Waals surface area (Å²) < 4.78 is 38.2. The summed E-state index contributed by atoms with van der Waals surface area (Å²) in [5, 5.41) is 2.78. The van der Waals surface area contributed by atoms with Gasteiger partial charge in [0, 0.05) is 24.7 Å². The maximum atomic E-state index is 12.5. The van der Waals surface area contributed by atoms with Crippen molar-refractivity contribution in [3.63, 3.8) is 0 Å². The predicted molar refractivity (Wildman–Crippen MR) is 111 cm³/mol. The van der Waals surface area contributed by atoms with Gasteiger partial charge < -0.3 is 14.8 Å². The van der Waals surface area contributed by atoms with E-state index in [-0.39, 0.29) is 29.2 Å². The second-order valence-electron chi connectivity index (χ2n) is 7.83. The average Bonchev–Trinajstić information content (AvgIpc) is 2.67. The topological polar surface area (TPSA) is 93.7 Å². The third kappa shape index (κ3) is 5.48. The van der Waals surface area contributed by atoms with E-state index >= 15 is 0 Å². The Morgan fingerprint density at radius 3 is 2.31 bits per heavy atom. The minimum absolute atomic E-state index is 0.0112. The van der Waals surface area contributed by atoms with Crippen molar-refractivity contribution in [3.05, 3.63) is 48.0 Å². The Balaban J connectivity index is 1.53. The summed E-state index contributed by atoms with van der Waals surface area (Å²) in [5.41, 5.74) is 1.88. The minimum atomic E-state index is -3.75. The lowest BCUT2D eigenvalue weighted by atomic mass is 9.87. The SMILES string of the molecule is CC(C)(C)c1ccc(NC(=O)CCNS(=O)(=O)c2ccc3c(c2)OCCO3)cc1. The molecule has 1 aliphatic rings. The molecule has 3 rings (SSSR count). The Morgan fingerprint density at radius 2 is 1.66 bits per heavy atom. The number of hydrogen-bond acceptors (Lipinski definition) is 5. The van der Waals surface area contributed by atoms with E-state index in [1.807, 2.05) is 24.3 Å². The molecular weight excluding hydrogens is 392 g/mol. The summed E-state index contributed by atoms with van der Waals surface area (Å²) in [7, 11) is -3.75. The van der Waals surface area contributed by atoms with Gasteiger partial charge in [0.05, 0.1) is 4.90 Å². The van der Waals surface area contributed by atoms with Crippen LogP contribution in [0.4, 0.5) is 5.69 Å². The van der Waals surface area contributed by atoms with E-state index in [0.29, 0.717) is 30.4 Å². The van der Waals surface area contributed by atoms with Gasteiger partial charge >= 0.3 is 0 Å². The molecule has 156 valence electrons. The Bertz CT molecular complexity index is 979. The van der Waals surface area contributed by atoms with Crippen LogP contribution >= 0.6 is 0 Å². The number of nitrogens with one attached hydrogen (secondary N) is 2. The van der Waals surface area contributed by atoms with Crippen molar-refractivity contribution in [1.29, 1.82) is 0 Å². The zero-order valence-electron chi connectivity index (χ0n) is 16.8. The van der Waals surface area contributed by atoms with E-state index in [9.17, 15) is 13.2 Å². The van der Waals surface area contributed by atoms with Crippen molar-refractivity contribution in [2.75, 3.05) is 25.1 Å². The van der Waals surface area contributed by atoms with Crippen LogP contribution in [0, 0.1) is 0 Å². The van der Waals surface area contributed by atoms with Crippen molar-refractivity contribution < 1.29 is 22.7 Å². The summed E-state index contributed by atoms with van der Waals surface area (Å²) in [6.07, 6.45) is 0.0187. The molecule has 0 saturated heterocycles. The number of benzene rings is 2. The molecular formula is C21H26N2O5S. The van der Waals surface area contributed by atoms with E-state index in [2.05, 4.69) is 30.8 Å². The molecule has 2 aromatic carbocycles. The summed E-state index contributed by atoms with van der Waals surface area (Å²) in [5.74, 6) is 0.654. The first-order valence-corrected chi connectivity index (χ1v) is 10.9. The van der Waals surface area contributed by atoms with Gasteiger partial charge in [0.15, 0.2) is 11.5 Å². The fourth-order valence-electron chi connectivity index (χ4n) is 2.85. The van der Waals surface area contributed by atoms with E-state index in [1.54, 1.807) is 6.07 Å². The summed E-state index contributed by atoms with van der Waals surface area (Å²) in [6.45, 7) is 7.16. The summed E-state index contributed by atoms with van der Waals surface area (Å²) in [6, 6.07) is 12.1. The summed E-state index contributed by atoms with van der Waals surface area (Å²) in [4.78, 5) is 12.2. The molecule has 0 bridgehead atoms. The molecule has 8 heteroatoms. The van der Waals surface area contributed by atoms with Crippen molar-refractivity contribution in [1.82, 2.24) is 4.72 Å². The van der Waals surface area contributed by atoms with Crippen LogP contribution in [0.3, 0.4) is 0 Å². The van der Waals surface area contributed by atoms with Crippen LogP contribution in [0.5, 0.6) is 11.5 Å². The molecule has 0 aliphatic carbocycles. The van der Waals surface area contributed by atoms with Crippen molar-refractivity contribution >= 4 is 21.6 Å². The van der Waals surface area contributed by atoms with Gasteiger partial charge in [0.25, 0.3) is 0 Å². The maximum absolute atomic E-state index is 12.5. The number of amides is 1. The molecule has 2 aromatic rings. The highest BCUT2D eigenvalue weighted by Crippen LogP contribution is 2.32. The molecule has 0 aromatic heterocycles. The summed E-state index contributed by atoms with van der Waals surface area (Å²) >= 11 is 0. The Morgan fingerprint density at radius 1 is 1.00 bits per heavy atom. The normalized spacial score (nSPS) is 13.8. The molecule has 0 saturated carbocycles. The van der Waals surface area contributed by atoms with E-state index in [0.717, 1.165) is 0 Å². The van der Waals surface area contributed by atoms with Crippen LogP contribution in [0.1, 0.15) is 32.8 Å². The largest absolute Gasteiger partial charge is 0.486 e. The molecule has 1 amide bonds. The van der Waals surface area contributed by atoms with Crippen molar-refractivity contribution in [2.24, 2.45) is 0 Å². The zero-order valence-corrected chi connectivity index (χ0v) is 17.6. The number of sulfonamides is 1. The number of carbonyl (C=O) groups is 1. The third-order valence-electron chi connectivity index (χ3n) is 4.50. The van der Waals surface area contributed by atoms with Gasteiger partial charge in [-0.05, 0) is 35.2 Å². The fraction of sp³-hybridized carbons (Fsp3) is 0.381. The lowest BCUT2D eigenvalue weighted by molar-refractivity contribution is -0.116. The lowest BCUT2D eigenvalue weighted by Gasteiger charge is -2.19. The molecule has 0 atom stereocenters. The van der Waals surface area contributed by atoms with Crippen LogP contribution in [-0.4, -0.2) is 34.1 Å². The molecule has 1 aliphatic heterocycles. The number of anilines is 1. The second kappa shape index (κ2) is 8.42. The van der Waals surface area contributed by atoms with Crippen LogP contribution < -0.4 is 19.5 Å². The Hall–Kier alpha value is -2.58. The second-order valence-corrected chi connectivity index (χ2v) is 9.60. The highest BCUT2D eigenvalue weighted by atomic mass is 32.2. The molecule has 1 heterocycles. The predicted octanol–water partition coefficient (Wildman–Crippen LogP) is 3.06. The minimum Gasteiger partial charge on any atom is -0.486 e. The van der Waals surface area contributed by atoms with Gasteiger partial charge in [-0.25, -0.2) is 13.1 Å². The van der Waals surface area contributed by atoms with Crippen molar-refractivity contribution in [3.8, 4) is 11.5 Å². The van der Waals surface area contributed by atoms with Gasteiger partial charge in [-0.1, -0.05) is 32.9 Å². The molecule has 0 radical (unpaired) electrons. The van der Waals surface area contributed by atoms with E-state index in [4.69, 9.17) is 9.47 Å². The highest BCUT2D eigenvalue weighted by molar-refractivity contribution is 7.89. The van der Waals surface area contributed by atoms with E-state index < -0.39 is 10.0 Å². The quantitative estimate of drug-likeness (QED) is 0.752. The van der Waals surface area contributed by atoms with Crippen molar-refractivity contribution in [2.45, 2.75) is 37.5 Å². The third-order valence-corrected chi connectivity index (χ3v) is 5.96. The standard InChI is InChI=1S/C21H26N2O5S/c1-21(2,3)15-4-6-16(7-5-15)23-20(24)10-11-22-29(25,26)17-8-9-18-19(14-17)28-13-12-27-18/h4-9,14,22H,10-13H2,1-3H3,(H,23,24). The van der Waals surface area contributed by atoms with Gasteiger partial charge in [-0.2, -0.15) is 0 Å². The molecule has 0 unspecified atom stereocenters. The molecule has 2 N–H and O–H groups in total. The molecule has 7 nitrogen and oxygen atoms in total. The number of carbonyl (C=O) groups excluding carboxylic acids is 1. The van der Waals surface area contributed by atoms with Crippen LogP contribution in [-0.2, 0) is 20.2 Å². The molecule has 29 heavy (non-hydrogen) atoms. The van der Waals surface area contributed by atoms with E-state index in [1.165, 1.54) is 17.7 Å². The number of rotatable bonds is 6. The number of hydrogen-bond donors (Lipinski definition) is 2. The monoisotopic (exact) mass is 418 g/mol. The lowest BCUT2D eigenvalue weighted by Crippen LogP contribution is -2.28. The average molecular weight is 419 g/mol. The van der Waals surface area contributed by atoms with Crippen LogP contribution in [0.25, 0.3) is 0 Å². The first-order valence-electron chi connectivity index (χ1n) is 9.45. The van der Waals surface area contributed by atoms with Gasteiger partial charge in [-0.3, -0.25) is 4.79 Å². The smallest absolute Gasteiger partial charge is 0.240 e. The van der Waals surface area contributed by atoms with Gasteiger partial charge in [0.2, 0.25) is 15.9 Å². The Kier molecular flexibility index (Phi) is 6.14. The molecule has 0 spiro atoms. The first-order chi connectivity index (χ1) is 13.6. The van der Waals surface area contributed by atoms with Crippen LogP contribution in [0.2, 0.25) is 0 Å². The number of ether oxygens (including phenoxy) is 2. The Labute approximate surface area is 171 Å². The fourth-order valence-corrected chi connectivity index (χ4v) is 3.90. The zero-order chi connectivity index (χ0) is 21.1. The first kappa shape index (κ1) is 21.1. The molecule has 0 fully saturated rings. The number of fused-ring (bicyclic) bond motifs is 1. The van der Waals surface area contributed by atoms with Gasteiger partial charge in [-0.15, -0.1) is 0 Å².